The second-order valence-corrected chi connectivity index (χ2v) is 5.31. The number of hydrogen-bond donors (Lipinski definition) is 1. The van der Waals surface area contributed by atoms with Crippen molar-refractivity contribution in [3.63, 3.8) is 0 Å². The number of rotatable bonds is 5. The van der Waals surface area contributed by atoms with E-state index in [4.69, 9.17) is 16.3 Å². The summed E-state index contributed by atoms with van der Waals surface area (Å²) >= 11 is 5.77. The summed E-state index contributed by atoms with van der Waals surface area (Å²) in [5, 5.41) is 3.27. The maximum absolute atomic E-state index is 11.7. The van der Waals surface area contributed by atoms with E-state index in [2.05, 4.69) is 5.32 Å². The summed E-state index contributed by atoms with van der Waals surface area (Å²) < 4.78 is 4.95. The van der Waals surface area contributed by atoms with Gasteiger partial charge in [0, 0.05) is 10.7 Å². The van der Waals surface area contributed by atoms with Crippen LogP contribution < -0.4 is 5.32 Å². The summed E-state index contributed by atoms with van der Waals surface area (Å²) in [6.07, 6.45) is 0.106. The van der Waals surface area contributed by atoms with Gasteiger partial charge in [0.25, 0.3) is 5.91 Å². The third-order valence-corrected chi connectivity index (χ3v) is 3.21. The number of benzene rings is 2. The van der Waals surface area contributed by atoms with Gasteiger partial charge in [0.2, 0.25) is 0 Å². The van der Waals surface area contributed by atoms with Crippen molar-refractivity contribution in [2.75, 3.05) is 11.9 Å². The Balaban J connectivity index is 1.76. The molecular formula is C17H16ClNO3. The van der Waals surface area contributed by atoms with Gasteiger partial charge in [0.1, 0.15) is 0 Å². The Kier molecular flexibility index (Phi) is 5.55. The largest absolute Gasteiger partial charge is 0.455 e. The Labute approximate surface area is 134 Å². The van der Waals surface area contributed by atoms with E-state index >= 15 is 0 Å². The first kappa shape index (κ1) is 16.0. The van der Waals surface area contributed by atoms with E-state index in [1.807, 2.05) is 19.1 Å². The number of carbonyl (C=O) groups excluding carboxylic acids is 2. The highest BCUT2D eigenvalue weighted by molar-refractivity contribution is 6.30. The average Bonchev–Trinajstić information content (AvgIpc) is 2.50. The summed E-state index contributed by atoms with van der Waals surface area (Å²) in [5.74, 6) is -0.824. The van der Waals surface area contributed by atoms with E-state index in [1.165, 1.54) is 0 Å². The number of carbonyl (C=O) groups is 2. The fourth-order valence-electron chi connectivity index (χ4n) is 1.80. The van der Waals surface area contributed by atoms with Gasteiger partial charge in [-0.1, -0.05) is 41.4 Å². The van der Waals surface area contributed by atoms with Crippen LogP contribution in [0.1, 0.15) is 11.1 Å². The summed E-state index contributed by atoms with van der Waals surface area (Å²) in [7, 11) is 0. The molecule has 0 atom stereocenters. The van der Waals surface area contributed by atoms with Gasteiger partial charge < -0.3 is 10.1 Å². The second kappa shape index (κ2) is 7.61. The highest BCUT2D eigenvalue weighted by Gasteiger charge is 2.09. The van der Waals surface area contributed by atoms with Crippen molar-refractivity contribution in [3.8, 4) is 0 Å². The van der Waals surface area contributed by atoms with Crippen LogP contribution in [0.25, 0.3) is 0 Å². The first-order valence-corrected chi connectivity index (χ1v) is 7.17. The van der Waals surface area contributed by atoms with Crippen molar-refractivity contribution in [3.05, 3.63) is 64.7 Å². The molecule has 1 amide bonds. The topological polar surface area (TPSA) is 55.4 Å². The zero-order chi connectivity index (χ0) is 15.9. The van der Waals surface area contributed by atoms with Crippen LogP contribution >= 0.6 is 11.6 Å². The summed E-state index contributed by atoms with van der Waals surface area (Å²) in [6, 6.07) is 14.3. The maximum atomic E-state index is 11.7. The molecule has 0 unspecified atom stereocenters. The van der Waals surface area contributed by atoms with Crippen LogP contribution in [0.5, 0.6) is 0 Å². The number of hydrogen-bond acceptors (Lipinski definition) is 3. The minimum absolute atomic E-state index is 0.106. The number of anilines is 1. The first-order chi connectivity index (χ1) is 10.5. The normalized spacial score (nSPS) is 10.1. The molecule has 5 heteroatoms. The van der Waals surface area contributed by atoms with Crippen LogP contribution in [0.4, 0.5) is 5.69 Å². The Morgan fingerprint density at radius 1 is 1.05 bits per heavy atom. The predicted molar refractivity (Wildman–Crippen MR) is 85.9 cm³/mol. The highest BCUT2D eigenvalue weighted by Crippen LogP contribution is 2.11. The molecule has 0 bridgehead atoms. The van der Waals surface area contributed by atoms with Crippen LogP contribution in [-0.4, -0.2) is 18.5 Å². The van der Waals surface area contributed by atoms with Gasteiger partial charge >= 0.3 is 5.97 Å². The van der Waals surface area contributed by atoms with Crippen LogP contribution in [0, 0.1) is 6.92 Å². The molecule has 0 spiro atoms. The number of amides is 1. The maximum Gasteiger partial charge on any atom is 0.310 e. The molecule has 114 valence electrons. The van der Waals surface area contributed by atoms with Gasteiger partial charge in [-0.15, -0.1) is 0 Å². The van der Waals surface area contributed by atoms with Crippen LogP contribution in [0.2, 0.25) is 5.02 Å². The van der Waals surface area contributed by atoms with E-state index in [0.717, 1.165) is 11.1 Å². The molecule has 0 aliphatic carbocycles. The molecule has 0 aliphatic rings. The molecule has 22 heavy (non-hydrogen) atoms. The quantitative estimate of drug-likeness (QED) is 0.860. The van der Waals surface area contributed by atoms with Gasteiger partial charge in [-0.05, 0) is 36.8 Å². The molecule has 0 aliphatic heterocycles. The highest BCUT2D eigenvalue weighted by atomic mass is 35.5. The van der Waals surface area contributed by atoms with Crippen molar-refractivity contribution < 1.29 is 14.3 Å². The molecule has 0 heterocycles. The zero-order valence-electron chi connectivity index (χ0n) is 12.1. The second-order valence-electron chi connectivity index (χ2n) is 4.88. The van der Waals surface area contributed by atoms with Gasteiger partial charge in [0.15, 0.2) is 6.61 Å². The lowest BCUT2D eigenvalue weighted by atomic mass is 10.1. The lowest BCUT2D eigenvalue weighted by Crippen LogP contribution is -2.21. The van der Waals surface area contributed by atoms with Gasteiger partial charge in [-0.2, -0.15) is 0 Å². The average molecular weight is 318 g/mol. The lowest BCUT2D eigenvalue weighted by molar-refractivity contribution is -0.146. The molecular weight excluding hydrogens is 302 g/mol. The zero-order valence-corrected chi connectivity index (χ0v) is 12.9. The molecule has 2 rings (SSSR count). The van der Waals surface area contributed by atoms with E-state index < -0.39 is 5.97 Å². The van der Waals surface area contributed by atoms with Crippen molar-refractivity contribution >= 4 is 29.2 Å². The monoisotopic (exact) mass is 317 g/mol. The number of esters is 1. The van der Waals surface area contributed by atoms with Crippen molar-refractivity contribution in [1.29, 1.82) is 0 Å². The summed E-state index contributed by atoms with van der Waals surface area (Å²) in [5.41, 5.74) is 2.56. The lowest BCUT2D eigenvalue weighted by Gasteiger charge is -2.07. The molecule has 0 fully saturated rings. The minimum Gasteiger partial charge on any atom is -0.455 e. The standard InChI is InChI=1S/C17H16ClNO3/c1-12-2-8-15(9-3-12)19-16(20)11-22-17(21)10-13-4-6-14(18)7-5-13/h2-9H,10-11H2,1H3,(H,19,20). The molecule has 0 radical (unpaired) electrons. The van der Waals surface area contributed by atoms with Crippen molar-refractivity contribution in [2.24, 2.45) is 0 Å². The van der Waals surface area contributed by atoms with Crippen molar-refractivity contribution in [2.45, 2.75) is 13.3 Å². The number of aryl methyl sites for hydroxylation is 1. The minimum atomic E-state index is -0.457. The van der Waals surface area contributed by atoms with Crippen LogP contribution in [0.15, 0.2) is 48.5 Å². The Hall–Kier alpha value is -2.33. The molecule has 0 saturated heterocycles. The van der Waals surface area contributed by atoms with Crippen LogP contribution in [0.3, 0.4) is 0 Å². The van der Waals surface area contributed by atoms with E-state index in [0.29, 0.717) is 10.7 Å². The van der Waals surface area contributed by atoms with E-state index in [-0.39, 0.29) is 18.9 Å². The van der Waals surface area contributed by atoms with E-state index in [1.54, 1.807) is 36.4 Å². The number of nitrogens with one attached hydrogen (secondary N) is 1. The summed E-state index contributed by atoms with van der Waals surface area (Å²) in [6.45, 7) is 1.66. The third kappa shape index (κ3) is 5.22. The fraction of sp³-hybridized carbons (Fsp3) is 0.176. The van der Waals surface area contributed by atoms with Gasteiger partial charge in [-0.25, -0.2) is 0 Å². The molecule has 0 saturated carbocycles. The van der Waals surface area contributed by atoms with Gasteiger partial charge in [0.05, 0.1) is 6.42 Å². The third-order valence-electron chi connectivity index (χ3n) is 2.96. The molecule has 2 aromatic rings. The van der Waals surface area contributed by atoms with E-state index in [9.17, 15) is 9.59 Å². The SMILES string of the molecule is Cc1ccc(NC(=O)COC(=O)Cc2ccc(Cl)cc2)cc1. The Morgan fingerprint density at radius 3 is 2.32 bits per heavy atom. The fourth-order valence-corrected chi connectivity index (χ4v) is 1.93. The number of halogens is 1. The summed E-state index contributed by atoms with van der Waals surface area (Å²) in [4.78, 5) is 23.4. The number of ether oxygens (including phenoxy) is 1. The smallest absolute Gasteiger partial charge is 0.310 e. The van der Waals surface area contributed by atoms with Gasteiger partial charge in [-0.3, -0.25) is 9.59 Å². The Bertz CT molecular complexity index is 591. The molecule has 4 nitrogen and oxygen atoms in total. The van der Waals surface area contributed by atoms with Crippen molar-refractivity contribution in [1.82, 2.24) is 0 Å². The first-order valence-electron chi connectivity index (χ1n) is 6.79. The Morgan fingerprint density at radius 2 is 1.68 bits per heavy atom. The van der Waals surface area contributed by atoms with Crippen LogP contribution in [-0.2, 0) is 20.7 Å². The molecule has 1 N–H and O–H groups in total. The molecule has 0 aromatic heterocycles. The predicted octanol–water partition coefficient (Wildman–Crippen LogP) is 3.37. The molecule has 2 aromatic carbocycles.